The second-order valence-corrected chi connectivity index (χ2v) is 4.17. The SMILES string of the molecule is CC[C@H](N)C(=O)NC(C)c1ccccc1Cl. The van der Waals surface area contributed by atoms with Crippen molar-refractivity contribution in [3.05, 3.63) is 34.9 Å². The summed E-state index contributed by atoms with van der Waals surface area (Å²) in [6.45, 7) is 3.77. The Morgan fingerprint density at radius 1 is 1.50 bits per heavy atom. The summed E-state index contributed by atoms with van der Waals surface area (Å²) >= 11 is 6.03. The lowest BCUT2D eigenvalue weighted by atomic mass is 10.1. The van der Waals surface area contributed by atoms with Gasteiger partial charge in [-0.15, -0.1) is 0 Å². The number of hydrogen-bond donors (Lipinski definition) is 2. The molecule has 1 rings (SSSR count). The summed E-state index contributed by atoms with van der Waals surface area (Å²) in [6.07, 6.45) is 0.626. The van der Waals surface area contributed by atoms with Gasteiger partial charge in [0.2, 0.25) is 5.91 Å². The zero-order valence-electron chi connectivity index (χ0n) is 9.53. The molecule has 1 amide bonds. The smallest absolute Gasteiger partial charge is 0.237 e. The first kappa shape index (κ1) is 13.0. The maximum absolute atomic E-state index is 11.6. The van der Waals surface area contributed by atoms with Crippen LogP contribution in [0, 0.1) is 0 Å². The molecule has 0 saturated heterocycles. The Bertz CT molecular complexity index is 368. The van der Waals surface area contributed by atoms with Crippen molar-refractivity contribution in [3.63, 3.8) is 0 Å². The zero-order valence-corrected chi connectivity index (χ0v) is 10.3. The fourth-order valence-electron chi connectivity index (χ4n) is 1.41. The zero-order chi connectivity index (χ0) is 12.1. The van der Waals surface area contributed by atoms with Crippen LogP contribution in [0.4, 0.5) is 0 Å². The number of nitrogens with one attached hydrogen (secondary N) is 1. The Morgan fingerprint density at radius 2 is 2.12 bits per heavy atom. The highest BCUT2D eigenvalue weighted by molar-refractivity contribution is 6.31. The van der Waals surface area contributed by atoms with Crippen molar-refractivity contribution in [3.8, 4) is 0 Å². The third-order valence-electron chi connectivity index (χ3n) is 2.51. The molecule has 0 aromatic heterocycles. The van der Waals surface area contributed by atoms with E-state index in [4.69, 9.17) is 17.3 Å². The van der Waals surface area contributed by atoms with Gasteiger partial charge in [0, 0.05) is 5.02 Å². The minimum atomic E-state index is -0.454. The molecule has 4 heteroatoms. The van der Waals surface area contributed by atoms with Crippen LogP contribution in [-0.4, -0.2) is 11.9 Å². The second-order valence-electron chi connectivity index (χ2n) is 3.77. The van der Waals surface area contributed by atoms with E-state index in [0.717, 1.165) is 5.56 Å². The Kier molecular flexibility index (Phi) is 4.77. The minimum absolute atomic E-state index is 0.126. The van der Waals surface area contributed by atoms with Crippen LogP contribution < -0.4 is 11.1 Å². The van der Waals surface area contributed by atoms with Crippen molar-refractivity contribution < 1.29 is 4.79 Å². The van der Waals surface area contributed by atoms with Crippen LogP contribution in [0.2, 0.25) is 5.02 Å². The summed E-state index contributed by atoms with van der Waals surface area (Å²) in [5.41, 5.74) is 6.54. The Balaban J connectivity index is 2.69. The molecule has 3 N–H and O–H groups in total. The summed E-state index contributed by atoms with van der Waals surface area (Å²) in [5.74, 6) is -0.144. The minimum Gasteiger partial charge on any atom is -0.348 e. The summed E-state index contributed by atoms with van der Waals surface area (Å²) in [5, 5.41) is 3.49. The van der Waals surface area contributed by atoms with Crippen molar-refractivity contribution >= 4 is 17.5 Å². The molecule has 0 saturated carbocycles. The standard InChI is InChI=1S/C12H17ClN2O/c1-3-11(14)12(16)15-8(2)9-6-4-5-7-10(9)13/h4-8,11H,3,14H2,1-2H3,(H,15,16)/t8?,11-/m0/s1. The fourth-order valence-corrected chi connectivity index (χ4v) is 1.71. The number of carbonyl (C=O) groups excluding carboxylic acids is 1. The highest BCUT2D eigenvalue weighted by atomic mass is 35.5. The van der Waals surface area contributed by atoms with E-state index in [1.807, 2.05) is 32.0 Å². The van der Waals surface area contributed by atoms with Gasteiger partial charge in [0.1, 0.15) is 0 Å². The van der Waals surface area contributed by atoms with Crippen molar-refractivity contribution in [1.82, 2.24) is 5.32 Å². The molecule has 1 aromatic rings. The molecule has 0 aliphatic rings. The highest BCUT2D eigenvalue weighted by Gasteiger charge is 2.16. The molecule has 0 spiro atoms. The Labute approximate surface area is 101 Å². The molecule has 16 heavy (non-hydrogen) atoms. The lowest BCUT2D eigenvalue weighted by molar-refractivity contribution is -0.123. The van der Waals surface area contributed by atoms with Gasteiger partial charge >= 0.3 is 0 Å². The van der Waals surface area contributed by atoms with Crippen molar-refractivity contribution in [2.24, 2.45) is 5.73 Å². The summed E-state index contributed by atoms with van der Waals surface area (Å²) in [7, 11) is 0. The number of halogens is 1. The van der Waals surface area contributed by atoms with Gasteiger partial charge in [0.25, 0.3) is 0 Å². The quantitative estimate of drug-likeness (QED) is 0.848. The van der Waals surface area contributed by atoms with E-state index in [1.54, 1.807) is 6.07 Å². The predicted molar refractivity (Wildman–Crippen MR) is 66.3 cm³/mol. The molecule has 0 heterocycles. The number of amides is 1. The van der Waals surface area contributed by atoms with Crippen molar-refractivity contribution in [2.45, 2.75) is 32.4 Å². The van der Waals surface area contributed by atoms with E-state index in [-0.39, 0.29) is 11.9 Å². The van der Waals surface area contributed by atoms with E-state index in [1.165, 1.54) is 0 Å². The first-order chi connectivity index (χ1) is 7.56. The van der Waals surface area contributed by atoms with E-state index < -0.39 is 6.04 Å². The topological polar surface area (TPSA) is 55.1 Å². The molecular formula is C12H17ClN2O. The van der Waals surface area contributed by atoms with Crippen LogP contribution in [-0.2, 0) is 4.79 Å². The highest BCUT2D eigenvalue weighted by Crippen LogP contribution is 2.21. The molecule has 88 valence electrons. The predicted octanol–water partition coefficient (Wildman–Crippen LogP) is 2.25. The maximum Gasteiger partial charge on any atom is 0.237 e. The molecule has 1 aromatic carbocycles. The molecule has 0 fully saturated rings. The first-order valence-electron chi connectivity index (χ1n) is 5.36. The molecule has 0 aliphatic carbocycles. The largest absolute Gasteiger partial charge is 0.348 e. The fraction of sp³-hybridized carbons (Fsp3) is 0.417. The number of nitrogens with two attached hydrogens (primary N) is 1. The van der Waals surface area contributed by atoms with Crippen molar-refractivity contribution in [2.75, 3.05) is 0 Å². The van der Waals surface area contributed by atoms with Crippen LogP contribution >= 0.6 is 11.6 Å². The van der Waals surface area contributed by atoms with Crippen LogP contribution in [0.15, 0.2) is 24.3 Å². The van der Waals surface area contributed by atoms with Gasteiger partial charge in [-0.2, -0.15) is 0 Å². The van der Waals surface area contributed by atoms with Crippen LogP contribution in [0.25, 0.3) is 0 Å². The monoisotopic (exact) mass is 240 g/mol. The average molecular weight is 241 g/mol. The Morgan fingerprint density at radius 3 is 2.69 bits per heavy atom. The number of carbonyl (C=O) groups is 1. The molecule has 0 radical (unpaired) electrons. The molecule has 0 bridgehead atoms. The van der Waals surface area contributed by atoms with Gasteiger partial charge in [-0.25, -0.2) is 0 Å². The van der Waals surface area contributed by atoms with Crippen molar-refractivity contribution in [1.29, 1.82) is 0 Å². The molecule has 1 unspecified atom stereocenters. The van der Waals surface area contributed by atoms with Crippen LogP contribution in [0.1, 0.15) is 31.9 Å². The maximum atomic E-state index is 11.6. The van der Waals surface area contributed by atoms with Gasteiger partial charge in [0.05, 0.1) is 12.1 Å². The van der Waals surface area contributed by atoms with Gasteiger partial charge < -0.3 is 11.1 Å². The molecule has 3 nitrogen and oxygen atoms in total. The lowest BCUT2D eigenvalue weighted by Crippen LogP contribution is -2.41. The van der Waals surface area contributed by atoms with Gasteiger partial charge in [-0.3, -0.25) is 4.79 Å². The third kappa shape index (κ3) is 3.22. The molecular weight excluding hydrogens is 224 g/mol. The molecule has 2 atom stereocenters. The first-order valence-corrected chi connectivity index (χ1v) is 5.74. The average Bonchev–Trinajstić information content (AvgIpc) is 2.28. The van der Waals surface area contributed by atoms with E-state index in [9.17, 15) is 4.79 Å². The lowest BCUT2D eigenvalue weighted by Gasteiger charge is -2.18. The summed E-state index contributed by atoms with van der Waals surface area (Å²) in [4.78, 5) is 11.6. The third-order valence-corrected chi connectivity index (χ3v) is 2.85. The number of hydrogen-bond acceptors (Lipinski definition) is 2. The summed E-state index contributed by atoms with van der Waals surface area (Å²) in [6, 6.07) is 6.87. The van der Waals surface area contributed by atoms with Crippen LogP contribution in [0.3, 0.4) is 0 Å². The number of rotatable bonds is 4. The van der Waals surface area contributed by atoms with E-state index in [2.05, 4.69) is 5.32 Å². The van der Waals surface area contributed by atoms with E-state index in [0.29, 0.717) is 11.4 Å². The van der Waals surface area contributed by atoms with E-state index >= 15 is 0 Å². The molecule has 0 aliphatic heterocycles. The second kappa shape index (κ2) is 5.87. The van der Waals surface area contributed by atoms with Crippen LogP contribution in [0.5, 0.6) is 0 Å². The normalized spacial score (nSPS) is 14.2. The number of benzene rings is 1. The van der Waals surface area contributed by atoms with Gasteiger partial charge in [-0.05, 0) is 25.0 Å². The Hall–Kier alpha value is -1.06. The van der Waals surface area contributed by atoms with Gasteiger partial charge in [-0.1, -0.05) is 36.7 Å². The van der Waals surface area contributed by atoms with Gasteiger partial charge in [0.15, 0.2) is 0 Å². The summed E-state index contributed by atoms with van der Waals surface area (Å²) < 4.78 is 0.